The Balaban J connectivity index is 1.77. The second kappa shape index (κ2) is 7.31. The van der Waals surface area contributed by atoms with Gasteiger partial charge in [-0.15, -0.1) is 11.8 Å². The highest BCUT2D eigenvalue weighted by Crippen LogP contribution is 2.19. The maximum absolute atomic E-state index is 10.7. The average Bonchev–Trinajstić information content (AvgIpc) is 2.44. The molecule has 0 radical (unpaired) electrons. The minimum Gasteiger partial charge on any atom is -0.493 e. The molecule has 1 aromatic carbocycles. The fraction of sp³-hybridized carbons (Fsp3) is 0.143. The number of nitrogens with zero attached hydrogens (tertiary/aromatic N) is 1. The monoisotopic (exact) mass is 353 g/mol. The van der Waals surface area contributed by atoms with Crippen LogP contribution in [0.5, 0.6) is 5.75 Å². The van der Waals surface area contributed by atoms with E-state index in [9.17, 15) is 4.79 Å². The van der Waals surface area contributed by atoms with Crippen LogP contribution in [0.1, 0.15) is 10.4 Å². The minimum absolute atomic E-state index is 0.194. The Morgan fingerprint density at radius 2 is 2.20 bits per heavy atom. The van der Waals surface area contributed by atoms with Crippen LogP contribution in [0, 0.1) is 0 Å². The SMILES string of the molecule is O=C(O)c1ccc(SCCOc2cccc(Br)c2)nc1. The van der Waals surface area contributed by atoms with Gasteiger partial charge in [0.2, 0.25) is 0 Å². The molecule has 104 valence electrons. The first-order valence-corrected chi connectivity index (χ1v) is 7.63. The lowest BCUT2D eigenvalue weighted by Crippen LogP contribution is -2.01. The molecule has 6 heteroatoms. The Labute approximate surface area is 129 Å². The molecule has 0 aliphatic carbocycles. The molecule has 1 heterocycles. The van der Waals surface area contributed by atoms with Crippen LogP contribution in [0.4, 0.5) is 0 Å². The average molecular weight is 354 g/mol. The quantitative estimate of drug-likeness (QED) is 0.633. The lowest BCUT2D eigenvalue weighted by Gasteiger charge is -2.06. The van der Waals surface area contributed by atoms with Gasteiger partial charge in [-0.05, 0) is 30.3 Å². The largest absolute Gasteiger partial charge is 0.493 e. The van der Waals surface area contributed by atoms with Crippen molar-refractivity contribution in [2.45, 2.75) is 5.03 Å². The van der Waals surface area contributed by atoms with E-state index >= 15 is 0 Å². The van der Waals surface area contributed by atoms with E-state index in [2.05, 4.69) is 20.9 Å². The molecule has 0 spiro atoms. The van der Waals surface area contributed by atoms with Crippen molar-refractivity contribution >= 4 is 33.7 Å². The summed E-state index contributed by atoms with van der Waals surface area (Å²) in [4.78, 5) is 14.8. The number of hydrogen-bond donors (Lipinski definition) is 1. The van der Waals surface area contributed by atoms with Crippen molar-refractivity contribution in [3.8, 4) is 5.75 Å². The summed E-state index contributed by atoms with van der Waals surface area (Å²) in [5.74, 6) is 0.590. The normalized spacial score (nSPS) is 10.2. The number of aromatic carboxylic acids is 1. The predicted octanol–water partition coefficient (Wildman–Crippen LogP) is 3.71. The Morgan fingerprint density at radius 1 is 1.35 bits per heavy atom. The summed E-state index contributed by atoms with van der Waals surface area (Å²) in [6.07, 6.45) is 1.36. The van der Waals surface area contributed by atoms with Crippen molar-refractivity contribution in [1.82, 2.24) is 4.98 Å². The van der Waals surface area contributed by atoms with Crippen LogP contribution in [0.15, 0.2) is 52.1 Å². The van der Waals surface area contributed by atoms with Gasteiger partial charge in [0.05, 0.1) is 17.2 Å². The van der Waals surface area contributed by atoms with E-state index in [0.29, 0.717) is 6.61 Å². The summed E-state index contributed by atoms with van der Waals surface area (Å²) in [5, 5.41) is 9.55. The Bertz CT molecular complexity index is 589. The van der Waals surface area contributed by atoms with Crippen LogP contribution in [0.25, 0.3) is 0 Å². The van der Waals surface area contributed by atoms with Gasteiger partial charge in [0.15, 0.2) is 0 Å². The van der Waals surface area contributed by atoms with E-state index in [1.165, 1.54) is 18.0 Å². The van der Waals surface area contributed by atoms with Gasteiger partial charge in [-0.25, -0.2) is 9.78 Å². The van der Waals surface area contributed by atoms with Crippen LogP contribution in [-0.2, 0) is 0 Å². The molecule has 2 rings (SSSR count). The Kier molecular flexibility index (Phi) is 5.43. The van der Waals surface area contributed by atoms with Gasteiger partial charge in [0.1, 0.15) is 5.75 Å². The number of thioether (sulfide) groups is 1. The number of rotatable bonds is 6. The molecule has 0 fully saturated rings. The van der Waals surface area contributed by atoms with Crippen LogP contribution >= 0.6 is 27.7 Å². The minimum atomic E-state index is -0.966. The highest BCUT2D eigenvalue weighted by atomic mass is 79.9. The van der Waals surface area contributed by atoms with E-state index in [4.69, 9.17) is 9.84 Å². The molecule has 0 aliphatic rings. The summed E-state index contributed by atoms with van der Waals surface area (Å²) >= 11 is 4.91. The van der Waals surface area contributed by atoms with E-state index in [1.54, 1.807) is 12.1 Å². The number of benzene rings is 1. The van der Waals surface area contributed by atoms with E-state index in [0.717, 1.165) is 21.0 Å². The van der Waals surface area contributed by atoms with Gasteiger partial charge in [-0.1, -0.05) is 22.0 Å². The molecule has 1 N–H and O–H groups in total. The zero-order chi connectivity index (χ0) is 14.4. The number of hydrogen-bond acceptors (Lipinski definition) is 4. The highest BCUT2D eigenvalue weighted by Gasteiger charge is 2.03. The molecule has 0 saturated heterocycles. The predicted molar refractivity (Wildman–Crippen MR) is 81.6 cm³/mol. The molecule has 1 aromatic heterocycles. The van der Waals surface area contributed by atoms with Gasteiger partial charge in [0.25, 0.3) is 0 Å². The standard InChI is InChI=1S/C14H12BrNO3S/c15-11-2-1-3-12(8-11)19-6-7-20-13-5-4-10(9-16-13)14(17)18/h1-5,8-9H,6-7H2,(H,17,18). The third kappa shape index (κ3) is 4.54. The molecule has 2 aromatic rings. The third-order valence-electron chi connectivity index (χ3n) is 2.38. The van der Waals surface area contributed by atoms with E-state index < -0.39 is 5.97 Å². The zero-order valence-corrected chi connectivity index (χ0v) is 12.9. The van der Waals surface area contributed by atoms with Crippen molar-refractivity contribution in [2.24, 2.45) is 0 Å². The van der Waals surface area contributed by atoms with Gasteiger partial charge in [-0.3, -0.25) is 0 Å². The van der Waals surface area contributed by atoms with Crippen LogP contribution in [-0.4, -0.2) is 28.4 Å². The summed E-state index contributed by atoms with van der Waals surface area (Å²) < 4.78 is 6.58. The molecule has 0 atom stereocenters. The second-order valence-corrected chi connectivity index (χ2v) is 5.88. The van der Waals surface area contributed by atoms with Crippen molar-refractivity contribution in [1.29, 1.82) is 0 Å². The third-order valence-corrected chi connectivity index (χ3v) is 3.78. The number of carboxylic acids is 1. The summed E-state index contributed by atoms with van der Waals surface area (Å²) in [5.41, 5.74) is 0.194. The van der Waals surface area contributed by atoms with Crippen molar-refractivity contribution in [2.75, 3.05) is 12.4 Å². The number of halogens is 1. The zero-order valence-electron chi connectivity index (χ0n) is 10.5. The number of pyridine rings is 1. The number of carboxylic acid groups (broad SMARTS) is 1. The van der Waals surface area contributed by atoms with Crippen molar-refractivity contribution in [3.05, 3.63) is 52.6 Å². The van der Waals surface area contributed by atoms with E-state index in [1.807, 2.05) is 24.3 Å². The summed E-state index contributed by atoms with van der Waals surface area (Å²) in [6.45, 7) is 0.559. The van der Waals surface area contributed by atoms with E-state index in [-0.39, 0.29) is 5.56 Å². The maximum atomic E-state index is 10.7. The summed E-state index contributed by atoms with van der Waals surface area (Å²) in [6, 6.07) is 10.9. The lowest BCUT2D eigenvalue weighted by molar-refractivity contribution is 0.0696. The van der Waals surface area contributed by atoms with Crippen LogP contribution in [0.2, 0.25) is 0 Å². The topological polar surface area (TPSA) is 59.4 Å². The number of ether oxygens (including phenoxy) is 1. The number of aromatic nitrogens is 1. The fourth-order valence-corrected chi connectivity index (χ4v) is 2.50. The smallest absolute Gasteiger partial charge is 0.337 e. The maximum Gasteiger partial charge on any atom is 0.337 e. The van der Waals surface area contributed by atoms with Crippen molar-refractivity contribution in [3.63, 3.8) is 0 Å². The second-order valence-electron chi connectivity index (χ2n) is 3.84. The highest BCUT2D eigenvalue weighted by molar-refractivity contribution is 9.10. The molecular weight excluding hydrogens is 342 g/mol. The molecule has 0 bridgehead atoms. The first-order chi connectivity index (χ1) is 9.65. The van der Waals surface area contributed by atoms with Gasteiger partial charge < -0.3 is 9.84 Å². The van der Waals surface area contributed by atoms with Gasteiger partial charge in [-0.2, -0.15) is 0 Å². The molecule has 0 aliphatic heterocycles. The Hall–Kier alpha value is -1.53. The molecule has 20 heavy (non-hydrogen) atoms. The van der Waals surface area contributed by atoms with Crippen molar-refractivity contribution < 1.29 is 14.6 Å². The molecule has 0 unspecified atom stereocenters. The lowest BCUT2D eigenvalue weighted by atomic mass is 10.3. The van der Waals surface area contributed by atoms with Crippen LogP contribution in [0.3, 0.4) is 0 Å². The van der Waals surface area contributed by atoms with Gasteiger partial charge in [0, 0.05) is 16.4 Å². The first-order valence-electron chi connectivity index (χ1n) is 5.85. The number of carbonyl (C=O) groups is 1. The molecular formula is C14H12BrNO3S. The fourth-order valence-electron chi connectivity index (χ4n) is 1.45. The molecule has 0 amide bonds. The Morgan fingerprint density at radius 3 is 2.85 bits per heavy atom. The van der Waals surface area contributed by atoms with Gasteiger partial charge >= 0.3 is 5.97 Å². The molecule has 0 saturated carbocycles. The summed E-state index contributed by atoms with van der Waals surface area (Å²) in [7, 11) is 0. The van der Waals surface area contributed by atoms with Crippen LogP contribution < -0.4 is 4.74 Å². The first kappa shape index (κ1) is 14.9. The molecule has 4 nitrogen and oxygen atoms in total.